The number of nitriles is 1. The fraction of sp³-hybridized carbons (Fsp3) is 0.167. The van der Waals surface area contributed by atoms with Gasteiger partial charge in [-0.05, 0) is 35.2 Å². The van der Waals surface area contributed by atoms with Crippen LogP contribution in [0.5, 0.6) is 0 Å². The van der Waals surface area contributed by atoms with Gasteiger partial charge >= 0.3 is 0 Å². The smallest absolute Gasteiger partial charge is 0.266 e. The molecule has 4 rings (SSSR count). The standard InChI is InChI=1S/C24H21N3O2/c25-17-20(16-18-8-10-21(11-9-18)27-12-14-29-15-13-27)24(28)26-23-7-3-5-19-4-1-2-6-22(19)23/h1-11,16H,12-15H2,(H,26,28)/b20-16+. The molecular weight excluding hydrogens is 362 g/mol. The van der Waals surface area contributed by atoms with Gasteiger partial charge in [0.2, 0.25) is 0 Å². The maximum atomic E-state index is 12.7. The summed E-state index contributed by atoms with van der Waals surface area (Å²) in [6.45, 7) is 3.20. The van der Waals surface area contributed by atoms with Gasteiger partial charge in [-0.3, -0.25) is 4.79 Å². The maximum absolute atomic E-state index is 12.7. The SMILES string of the molecule is N#C/C(=C\c1ccc(N2CCOCC2)cc1)C(=O)Nc1cccc2ccccc12. The molecule has 1 aliphatic heterocycles. The van der Waals surface area contributed by atoms with Crippen LogP contribution in [0.1, 0.15) is 5.56 Å². The second-order valence-electron chi connectivity index (χ2n) is 6.84. The molecule has 0 aromatic heterocycles. The van der Waals surface area contributed by atoms with Crippen molar-refractivity contribution in [2.45, 2.75) is 0 Å². The zero-order valence-corrected chi connectivity index (χ0v) is 16.0. The van der Waals surface area contributed by atoms with Crippen LogP contribution in [-0.4, -0.2) is 32.2 Å². The molecule has 0 unspecified atom stereocenters. The molecule has 0 radical (unpaired) electrons. The Morgan fingerprint density at radius 3 is 2.48 bits per heavy atom. The van der Waals surface area contributed by atoms with Crippen molar-refractivity contribution in [3.8, 4) is 6.07 Å². The average molecular weight is 383 g/mol. The van der Waals surface area contributed by atoms with E-state index in [1.807, 2.05) is 72.8 Å². The first-order valence-electron chi connectivity index (χ1n) is 9.58. The molecule has 0 bridgehead atoms. The van der Waals surface area contributed by atoms with Crippen molar-refractivity contribution < 1.29 is 9.53 Å². The van der Waals surface area contributed by atoms with Crippen LogP contribution >= 0.6 is 0 Å². The Balaban J connectivity index is 1.52. The van der Waals surface area contributed by atoms with E-state index in [1.165, 1.54) is 0 Å². The summed E-state index contributed by atoms with van der Waals surface area (Å²) in [5, 5.41) is 14.3. The van der Waals surface area contributed by atoms with Crippen LogP contribution in [0, 0.1) is 11.3 Å². The lowest BCUT2D eigenvalue weighted by atomic mass is 10.1. The Kier molecular flexibility index (Phi) is 5.55. The molecule has 1 aliphatic rings. The molecule has 5 heteroatoms. The van der Waals surface area contributed by atoms with E-state index in [4.69, 9.17) is 4.74 Å². The quantitative estimate of drug-likeness (QED) is 0.541. The van der Waals surface area contributed by atoms with Gasteiger partial charge in [0.05, 0.1) is 13.2 Å². The molecule has 0 spiro atoms. The van der Waals surface area contributed by atoms with Crippen molar-refractivity contribution in [2.75, 3.05) is 36.5 Å². The third kappa shape index (κ3) is 4.29. The van der Waals surface area contributed by atoms with Gasteiger partial charge in [0.25, 0.3) is 5.91 Å². The summed E-state index contributed by atoms with van der Waals surface area (Å²) in [5.41, 5.74) is 2.68. The lowest BCUT2D eigenvalue weighted by Crippen LogP contribution is -2.36. The van der Waals surface area contributed by atoms with Gasteiger partial charge in [0.15, 0.2) is 0 Å². The Bertz CT molecular complexity index is 1090. The first-order chi connectivity index (χ1) is 14.2. The van der Waals surface area contributed by atoms with Gasteiger partial charge in [-0.15, -0.1) is 0 Å². The van der Waals surface area contributed by atoms with E-state index in [2.05, 4.69) is 10.2 Å². The number of rotatable bonds is 4. The van der Waals surface area contributed by atoms with E-state index >= 15 is 0 Å². The van der Waals surface area contributed by atoms with Gasteiger partial charge in [0, 0.05) is 29.9 Å². The third-order valence-electron chi connectivity index (χ3n) is 4.98. The average Bonchev–Trinajstić information content (AvgIpc) is 2.78. The highest BCUT2D eigenvalue weighted by Crippen LogP contribution is 2.24. The molecule has 0 atom stereocenters. The van der Waals surface area contributed by atoms with Crippen LogP contribution in [0.3, 0.4) is 0 Å². The molecule has 144 valence electrons. The van der Waals surface area contributed by atoms with Crippen molar-refractivity contribution in [3.05, 3.63) is 77.9 Å². The summed E-state index contributed by atoms with van der Waals surface area (Å²) in [4.78, 5) is 14.9. The van der Waals surface area contributed by atoms with Crippen molar-refractivity contribution >= 4 is 34.1 Å². The monoisotopic (exact) mass is 383 g/mol. The predicted molar refractivity (Wildman–Crippen MR) is 116 cm³/mol. The number of ether oxygens (including phenoxy) is 1. The fourth-order valence-electron chi connectivity index (χ4n) is 3.44. The second-order valence-corrected chi connectivity index (χ2v) is 6.84. The molecule has 1 fully saturated rings. The summed E-state index contributed by atoms with van der Waals surface area (Å²) in [7, 11) is 0. The Labute approximate surface area is 169 Å². The van der Waals surface area contributed by atoms with Crippen LogP contribution in [0.4, 0.5) is 11.4 Å². The van der Waals surface area contributed by atoms with E-state index in [-0.39, 0.29) is 5.57 Å². The zero-order chi connectivity index (χ0) is 20.1. The highest BCUT2D eigenvalue weighted by molar-refractivity contribution is 6.12. The van der Waals surface area contributed by atoms with Gasteiger partial charge in [-0.1, -0.05) is 48.5 Å². The van der Waals surface area contributed by atoms with Gasteiger partial charge in [0.1, 0.15) is 11.6 Å². The second kappa shape index (κ2) is 8.59. The molecule has 5 nitrogen and oxygen atoms in total. The topological polar surface area (TPSA) is 65.4 Å². The highest BCUT2D eigenvalue weighted by Gasteiger charge is 2.13. The summed E-state index contributed by atoms with van der Waals surface area (Å²) in [6.07, 6.45) is 1.61. The molecule has 3 aromatic carbocycles. The molecule has 1 N–H and O–H groups in total. The van der Waals surface area contributed by atoms with Crippen LogP contribution < -0.4 is 10.2 Å². The molecular formula is C24H21N3O2. The minimum atomic E-state index is -0.416. The highest BCUT2D eigenvalue weighted by atomic mass is 16.5. The lowest BCUT2D eigenvalue weighted by molar-refractivity contribution is -0.112. The summed E-state index contributed by atoms with van der Waals surface area (Å²) < 4.78 is 5.38. The number of anilines is 2. The van der Waals surface area contributed by atoms with E-state index < -0.39 is 5.91 Å². The number of hydrogen-bond donors (Lipinski definition) is 1. The van der Waals surface area contributed by atoms with Gasteiger partial charge < -0.3 is 15.0 Å². The van der Waals surface area contributed by atoms with E-state index in [1.54, 1.807) is 6.08 Å². The zero-order valence-electron chi connectivity index (χ0n) is 16.0. The Morgan fingerprint density at radius 1 is 1.00 bits per heavy atom. The molecule has 1 amide bonds. The predicted octanol–water partition coefficient (Wildman–Crippen LogP) is 4.22. The largest absolute Gasteiger partial charge is 0.378 e. The number of morpholine rings is 1. The molecule has 1 saturated heterocycles. The van der Waals surface area contributed by atoms with E-state index in [0.717, 1.165) is 48.3 Å². The molecule has 29 heavy (non-hydrogen) atoms. The van der Waals surface area contributed by atoms with Crippen molar-refractivity contribution in [1.29, 1.82) is 5.26 Å². The Hall–Kier alpha value is -3.62. The Morgan fingerprint density at radius 2 is 1.72 bits per heavy atom. The van der Waals surface area contributed by atoms with E-state index in [0.29, 0.717) is 5.69 Å². The maximum Gasteiger partial charge on any atom is 0.266 e. The number of carbonyl (C=O) groups is 1. The molecule has 0 saturated carbocycles. The van der Waals surface area contributed by atoms with Crippen molar-refractivity contribution in [2.24, 2.45) is 0 Å². The normalized spacial score (nSPS) is 14.4. The van der Waals surface area contributed by atoms with Crippen LogP contribution in [0.15, 0.2) is 72.3 Å². The van der Waals surface area contributed by atoms with E-state index in [9.17, 15) is 10.1 Å². The number of benzene rings is 3. The minimum Gasteiger partial charge on any atom is -0.378 e. The first kappa shape index (κ1) is 18.7. The fourth-order valence-corrected chi connectivity index (χ4v) is 3.44. The number of nitrogens with zero attached hydrogens (tertiary/aromatic N) is 2. The number of hydrogen-bond acceptors (Lipinski definition) is 4. The number of nitrogens with one attached hydrogen (secondary N) is 1. The van der Waals surface area contributed by atoms with Crippen molar-refractivity contribution in [3.63, 3.8) is 0 Å². The molecule has 1 heterocycles. The first-order valence-corrected chi connectivity index (χ1v) is 9.58. The number of fused-ring (bicyclic) bond motifs is 1. The summed E-state index contributed by atoms with van der Waals surface area (Å²) in [5.74, 6) is -0.416. The van der Waals surface area contributed by atoms with Gasteiger partial charge in [-0.2, -0.15) is 5.26 Å². The third-order valence-corrected chi connectivity index (χ3v) is 4.98. The summed E-state index contributed by atoms with van der Waals surface area (Å²) >= 11 is 0. The number of carbonyl (C=O) groups excluding carboxylic acids is 1. The molecule has 3 aromatic rings. The minimum absolute atomic E-state index is 0.0667. The van der Waals surface area contributed by atoms with Crippen LogP contribution in [0.2, 0.25) is 0 Å². The van der Waals surface area contributed by atoms with Crippen LogP contribution in [0.25, 0.3) is 16.8 Å². The van der Waals surface area contributed by atoms with Gasteiger partial charge in [-0.25, -0.2) is 0 Å². The molecule has 0 aliphatic carbocycles. The van der Waals surface area contributed by atoms with Crippen molar-refractivity contribution in [1.82, 2.24) is 0 Å². The summed E-state index contributed by atoms with van der Waals surface area (Å²) in [6, 6.07) is 23.4. The lowest BCUT2D eigenvalue weighted by Gasteiger charge is -2.28. The van der Waals surface area contributed by atoms with Crippen LogP contribution in [-0.2, 0) is 9.53 Å². The number of amides is 1.